The molecule has 0 saturated carbocycles. The van der Waals surface area contributed by atoms with Crippen LogP contribution in [0.25, 0.3) is 11.1 Å². The van der Waals surface area contributed by atoms with Gasteiger partial charge in [0, 0.05) is 12.2 Å². The van der Waals surface area contributed by atoms with Crippen LogP contribution in [0.5, 0.6) is 0 Å². The number of rotatable bonds is 2. The summed E-state index contributed by atoms with van der Waals surface area (Å²) < 4.78 is 0. The molecule has 6 heteroatoms. The molecule has 4 amide bonds. The second kappa shape index (κ2) is 4.24. The molecule has 1 aromatic carbocycles. The van der Waals surface area contributed by atoms with E-state index in [-0.39, 0.29) is 0 Å². The molecule has 2 heterocycles. The molecule has 0 spiro atoms. The first kappa shape index (κ1) is 12.7. The lowest BCUT2D eigenvalue weighted by atomic mass is 9.77. The smallest absolute Gasteiger partial charge is 0.258 e. The van der Waals surface area contributed by atoms with Crippen molar-refractivity contribution in [1.82, 2.24) is 10.6 Å². The fourth-order valence-electron chi connectivity index (χ4n) is 3.07. The molecule has 0 saturated heterocycles. The second-order valence-electron chi connectivity index (χ2n) is 5.37. The minimum atomic E-state index is -0.416. The molecular formula is C16H10N2O4. The molecule has 0 radical (unpaired) electrons. The van der Waals surface area contributed by atoms with E-state index in [4.69, 9.17) is 0 Å². The maximum Gasteiger partial charge on any atom is 0.258 e. The summed E-state index contributed by atoms with van der Waals surface area (Å²) >= 11 is 0. The average molecular weight is 294 g/mol. The van der Waals surface area contributed by atoms with E-state index >= 15 is 0 Å². The zero-order chi connectivity index (χ0) is 15.4. The van der Waals surface area contributed by atoms with E-state index in [0.29, 0.717) is 11.1 Å². The van der Waals surface area contributed by atoms with Crippen molar-refractivity contribution in [2.45, 2.75) is 12.8 Å². The third-order valence-electron chi connectivity index (χ3n) is 4.15. The molecule has 4 rings (SSSR count). The van der Waals surface area contributed by atoms with Crippen molar-refractivity contribution in [2.24, 2.45) is 0 Å². The molecule has 0 unspecified atom stereocenters. The third-order valence-corrected chi connectivity index (χ3v) is 4.15. The van der Waals surface area contributed by atoms with Crippen LogP contribution in [0.1, 0.15) is 22.3 Å². The van der Waals surface area contributed by atoms with Crippen molar-refractivity contribution in [3.05, 3.63) is 46.5 Å². The number of amides is 4. The van der Waals surface area contributed by atoms with E-state index in [1.807, 2.05) is 0 Å². The van der Waals surface area contributed by atoms with Gasteiger partial charge < -0.3 is 0 Å². The van der Waals surface area contributed by atoms with Gasteiger partial charge in [-0.25, -0.2) is 0 Å². The summed E-state index contributed by atoms with van der Waals surface area (Å²) in [5.74, 6) is -1.64. The van der Waals surface area contributed by atoms with E-state index < -0.39 is 23.6 Å². The van der Waals surface area contributed by atoms with Crippen molar-refractivity contribution < 1.29 is 19.2 Å². The molecule has 6 nitrogen and oxygen atoms in total. The summed E-state index contributed by atoms with van der Waals surface area (Å²) in [6.45, 7) is 0. The summed E-state index contributed by atoms with van der Waals surface area (Å²) in [4.78, 5) is 46.2. The Morgan fingerprint density at radius 3 is 1.36 bits per heavy atom. The highest BCUT2D eigenvalue weighted by molar-refractivity contribution is 6.35. The van der Waals surface area contributed by atoms with Gasteiger partial charge in [-0.2, -0.15) is 0 Å². The highest BCUT2D eigenvalue weighted by atomic mass is 16.2. The van der Waals surface area contributed by atoms with Crippen LogP contribution >= 0.6 is 0 Å². The molecular weight excluding hydrogens is 284 g/mol. The molecule has 0 atom stereocenters. The van der Waals surface area contributed by atoms with Crippen LogP contribution in [0, 0.1) is 0 Å². The lowest BCUT2D eigenvalue weighted by Gasteiger charge is -2.26. The molecule has 0 aromatic heterocycles. The number of imide groups is 2. The normalized spacial score (nSPS) is 19.3. The minimum Gasteiger partial charge on any atom is -0.289 e. The number of hydrogen-bond donors (Lipinski definition) is 2. The average Bonchev–Trinajstić information content (AvgIpc) is 2.92. The van der Waals surface area contributed by atoms with Gasteiger partial charge in [0.15, 0.2) is 0 Å². The van der Waals surface area contributed by atoms with Gasteiger partial charge in [-0.1, -0.05) is 12.1 Å². The second-order valence-corrected chi connectivity index (χ2v) is 5.37. The number of benzene rings is 1. The van der Waals surface area contributed by atoms with Gasteiger partial charge in [-0.3, -0.25) is 29.8 Å². The largest absolute Gasteiger partial charge is 0.289 e. The molecule has 3 aliphatic rings. The lowest BCUT2D eigenvalue weighted by Crippen LogP contribution is -2.24. The molecule has 1 aliphatic carbocycles. The van der Waals surface area contributed by atoms with Crippen molar-refractivity contribution in [3.8, 4) is 0 Å². The van der Waals surface area contributed by atoms with Gasteiger partial charge >= 0.3 is 0 Å². The summed E-state index contributed by atoms with van der Waals surface area (Å²) in [6.07, 6.45) is 4.14. The summed E-state index contributed by atoms with van der Waals surface area (Å²) in [7, 11) is 0. The minimum absolute atomic E-state index is 0.355. The SMILES string of the molecule is O=C1C=C(c2ccc(C3=CC(=O)NC3=O)c3c2CC3)C(=O)N1. The topological polar surface area (TPSA) is 92.3 Å². The summed E-state index contributed by atoms with van der Waals surface area (Å²) in [5, 5.41) is 4.46. The Bertz CT molecular complexity index is 790. The van der Waals surface area contributed by atoms with Crippen LogP contribution in [-0.2, 0) is 32.0 Å². The molecule has 0 bridgehead atoms. The maximum absolute atomic E-state index is 11.8. The highest BCUT2D eigenvalue weighted by Crippen LogP contribution is 2.37. The number of carbonyl (C=O) groups is 4. The Kier molecular flexibility index (Phi) is 2.45. The summed E-state index contributed by atoms with van der Waals surface area (Å²) in [6, 6.07) is 3.46. The zero-order valence-corrected chi connectivity index (χ0v) is 11.4. The van der Waals surface area contributed by atoms with Gasteiger partial charge in [0.05, 0.1) is 11.1 Å². The lowest BCUT2D eigenvalue weighted by molar-refractivity contribution is -0.124. The first-order valence-electron chi connectivity index (χ1n) is 6.84. The van der Waals surface area contributed by atoms with Gasteiger partial charge in [-0.05, 0) is 35.1 Å². The van der Waals surface area contributed by atoms with Crippen molar-refractivity contribution in [3.63, 3.8) is 0 Å². The van der Waals surface area contributed by atoms with Crippen LogP contribution in [0.3, 0.4) is 0 Å². The Morgan fingerprint density at radius 1 is 0.682 bits per heavy atom. The Morgan fingerprint density at radius 2 is 1.09 bits per heavy atom. The first-order valence-corrected chi connectivity index (χ1v) is 6.84. The van der Waals surface area contributed by atoms with E-state index in [9.17, 15) is 19.2 Å². The van der Waals surface area contributed by atoms with Crippen LogP contribution in [0.4, 0.5) is 0 Å². The molecule has 22 heavy (non-hydrogen) atoms. The maximum atomic E-state index is 11.8. The van der Waals surface area contributed by atoms with Crippen LogP contribution in [-0.4, -0.2) is 23.6 Å². The monoisotopic (exact) mass is 294 g/mol. The molecule has 1 aromatic rings. The van der Waals surface area contributed by atoms with Crippen molar-refractivity contribution in [1.29, 1.82) is 0 Å². The first-order chi connectivity index (χ1) is 10.5. The van der Waals surface area contributed by atoms with E-state index in [1.165, 1.54) is 12.2 Å². The standard InChI is InChI=1S/C16H10N2O4/c19-13-5-11(15(21)17-13)9-3-4-10(8-2-1-7(8)9)12-6-14(20)18-16(12)22/h3-6H,1-2H2,(H,17,19,21)(H,18,20,22). The van der Waals surface area contributed by atoms with Crippen LogP contribution < -0.4 is 10.6 Å². The number of nitrogens with one attached hydrogen (secondary N) is 2. The van der Waals surface area contributed by atoms with Gasteiger partial charge in [-0.15, -0.1) is 0 Å². The number of hydrogen-bond acceptors (Lipinski definition) is 4. The quantitative estimate of drug-likeness (QED) is 0.743. The number of fused-ring (bicyclic) bond motifs is 1. The van der Waals surface area contributed by atoms with Gasteiger partial charge in [0.25, 0.3) is 23.6 Å². The van der Waals surface area contributed by atoms with E-state index in [1.54, 1.807) is 12.1 Å². The Balaban J connectivity index is 1.83. The highest BCUT2D eigenvalue weighted by Gasteiger charge is 2.32. The Hall–Kier alpha value is -3.02. The predicted molar refractivity (Wildman–Crippen MR) is 76.1 cm³/mol. The van der Waals surface area contributed by atoms with Gasteiger partial charge in [0.1, 0.15) is 0 Å². The fraction of sp³-hybridized carbons (Fsp3) is 0.125. The molecule has 2 N–H and O–H groups in total. The number of carbonyl (C=O) groups excluding carboxylic acids is 4. The fourth-order valence-corrected chi connectivity index (χ4v) is 3.07. The van der Waals surface area contributed by atoms with Crippen molar-refractivity contribution in [2.75, 3.05) is 0 Å². The van der Waals surface area contributed by atoms with Crippen LogP contribution in [0.15, 0.2) is 24.3 Å². The molecule has 108 valence electrons. The predicted octanol–water partition coefficient (Wildman–Crippen LogP) is -0.135. The zero-order valence-electron chi connectivity index (χ0n) is 11.4. The van der Waals surface area contributed by atoms with Gasteiger partial charge in [0.2, 0.25) is 0 Å². The van der Waals surface area contributed by atoms with Crippen LogP contribution in [0.2, 0.25) is 0 Å². The third kappa shape index (κ3) is 1.67. The van der Waals surface area contributed by atoms with E-state index in [0.717, 1.165) is 35.1 Å². The molecule has 0 fully saturated rings. The Labute approximate surface area is 124 Å². The van der Waals surface area contributed by atoms with E-state index in [2.05, 4.69) is 10.6 Å². The van der Waals surface area contributed by atoms with Crippen molar-refractivity contribution >= 4 is 34.8 Å². The molecule has 2 aliphatic heterocycles. The summed E-state index contributed by atoms with van der Waals surface area (Å²) in [5.41, 5.74) is 4.07.